The van der Waals surface area contributed by atoms with Gasteiger partial charge in [-0.15, -0.1) is 11.3 Å². The highest BCUT2D eigenvalue weighted by Crippen LogP contribution is 2.14. The quantitative estimate of drug-likeness (QED) is 0.583. The van der Waals surface area contributed by atoms with Gasteiger partial charge < -0.3 is 16.0 Å². The van der Waals surface area contributed by atoms with Gasteiger partial charge in [0.2, 0.25) is 5.91 Å². The lowest BCUT2D eigenvalue weighted by Gasteiger charge is -2.12. The number of benzene rings is 1. The molecule has 0 radical (unpaired) electrons. The third kappa shape index (κ3) is 5.75. The summed E-state index contributed by atoms with van der Waals surface area (Å²) >= 11 is 1.78. The number of hydrogen-bond acceptors (Lipinski definition) is 3. The number of guanidine groups is 1. The molecule has 2 aromatic rings. The van der Waals surface area contributed by atoms with E-state index in [0.717, 1.165) is 23.8 Å². The SMILES string of the molecule is CN=C(NCc1cccc(NC(C)=O)c1)NCc1ccc(C)s1. The number of aryl methyl sites for hydroxylation is 1. The second-order valence-electron chi connectivity index (χ2n) is 5.17. The zero-order chi connectivity index (χ0) is 16.7. The molecule has 0 aliphatic rings. The van der Waals surface area contributed by atoms with E-state index >= 15 is 0 Å². The number of anilines is 1. The van der Waals surface area contributed by atoms with E-state index in [1.54, 1.807) is 18.4 Å². The van der Waals surface area contributed by atoms with Crippen molar-refractivity contribution in [2.75, 3.05) is 12.4 Å². The molecule has 1 aromatic heterocycles. The highest BCUT2D eigenvalue weighted by Gasteiger charge is 2.02. The third-order valence-electron chi connectivity index (χ3n) is 3.16. The van der Waals surface area contributed by atoms with Gasteiger partial charge in [-0.3, -0.25) is 9.79 Å². The summed E-state index contributed by atoms with van der Waals surface area (Å²) in [5.74, 6) is 0.680. The maximum absolute atomic E-state index is 11.1. The number of rotatable bonds is 5. The van der Waals surface area contributed by atoms with E-state index in [9.17, 15) is 4.79 Å². The van der Waals surface area contributed by atoms with E-state index in [4.69, 9.17) is 0 Å². The van der Waals surface area contributed by atoms with Crippen molar-refractivity contribution < 1.29 is 4.79 Å². The van der Waals surface area contributed by atoms with Crippen LogP contribution in [-0.2, 0) is 17.9 Å². The Hall–Kier alpha value is -2.34. The van der Waals surface area contributed by atoms with Crippen molar-refractivity contribution >= 4 is 28.9 Å². The van der Waals surface area contributed by atoms with Crippen LogP contribution in [0.15, 0.2) is 41.4 Å². The second kappa shape index (κ2) is 8.33. The van der Waals surface area contributed by atoms with Crippen LogP contribution in [0.4, 0.5) is 5.69 Å². The molecule has 0 bridgehead atoms. The van der Waals surface area contributed by atoms with Gasteiger partial charge in [-0.2, -0.15) is 0 Å². The molecular formula is C17H22N4OS. The fourth-order valence-electron chi connectivity index (χ4n) is 2.12. The molecular weight excluding hydrogens is 308 g/mol. The van der Waals surface area contributed by atoms with Crippen LogP contribution >= 0.6 is 11.3 Å². The molecule has 1 amide bonds. The van der Waals surface area contributed by atoms with Gasteiger partial charge in [0.05, 0.1) is 6.54 Å². The number of thiophene rings is 1. The van der Waals surface area contributed by atoms with Gasteiger partial charge >= 0.3 is 0 Å². The molecule has 1 aromatic carbocycles. The first-order chi connectivity index (χ1) is 11.1. The first-order valence-electron chi connectivity index (χ1n) is 7.43. The molecule has 0 saturated carbocycles. The summed E-state index contributed by atoms with van der Waals surface area (Å²) < 4.78 is 0. The van der Waals surface area contributed by atoms with E-state index < -0.39 is 0 Å². The maximum atomic E-state index is 11.1. The number of carbonyl (C=O) groups excluding carboxylic acids is 1. The Morgan fingerprint density at radius 2 is 1.96 bits per heavy atom. The van der Waals surface area contributed by atoms with Crippen LogP contribution in [0.25, 0.3) is 0 Å². The highest BCUT2D eigenvalue weighted by molar-refractivity contribution is 7.11. The Balaban J connectivity index is 1.86. The smallest absolute Gasteiger partial charge is 0.221 e. The van der Waals surface area contributed by atoms with E-state index in [0.29, 0.717) is 6.54 Å². The van der Waals surface area contributed by atoms with Crippen molar-refractivity contribution in [3.8, 4) is 0 Å². The van der Waals surface area contributed by atoms with Crippen molar-refractivity contribution in [3.63, 3.8) is 0 Å². The summed E-state index contributed by atoms with van der Waals surface area (Å²) in [6.07, 6.45) is 0. The molecule has 0 aliphatic carbocycles. The first kappa shape index (κ1) is 17.0. The molecule has 0 fully saturated rings. The lowest BCUT2D eigenvalue weighted by atomic mass is 10.2. The van der Waals surface area contributed by atoms with Gasteiger partial charge in [0.1, 0.15) is 0 Å². The van der Waals surface area contributed by atoms with Crippen molar-refractivity contribution in [2.24, 2.45) is 4.99 Å². The lowest BCUT2D eigenvalue weighted by molar-refractivity contribution is -0.114. The fraction of sp³-hybridized carbons (Fsp3) is 0.294. The number of amides is 1. The van der Waals surface area contributed by atoms with Gasteiger partial charge in [-0.1, -0.05) is 12.1 Å². The van der Waals surface area contributed by atoms with Crippen LogP contribution in [0.1, 0.15) is 22.2 Å². The Bertz CT molecular complexity index is 693. The normalized spacial score (nSPS) is 11.2. The molecule has 0 aliphatic heterocycles. The Labute approximate surface area is 140 Å². The standard InChI is InChI=1S/C17H22N4OS/c1-12-7-8-16(23-12)11-20-17(18-3)19-10-14-5-4-6-15(9-14)21-13(2)22/h4-9H,10-11H2,1-3H3,(H,21,22)(H2,18,19,20). The number of nitrogens with one attached hydrogen (secondary N) is 3. The molecule has 5 nitrogen and oxygen atoms in total. The maximum Gasteiger partial charge on any atom is 0.221 e. The van der Waals surface area contributed by atoms with Gasteiger partial charge in [0, 0.05) is 36.0 Å². The summed E-state index contributed by atoms with van der Waals surface area (Å²) in [5, 5.41) is 9.35. The molecule has 23 heavy (non-hydrogen) atoms. The molecule has 3 N–H and O–H groups in total. The summed E-state index contributed by atoms with van der Waals surface area (Å²) in [7, 11) is 1.75. The summed E-state index contributed by atoms with van der Waals surface area (Å²) in [5.41, 5.74) is 1.87. The van der Waals surface area contributed by atoms with Crippen molar-refractivity contribution in [3.05, 3.63) is 51.7 Å². The first-order valence-corrected chi connectivity index (χ1v) is 8.25. The minimum Gasteiger partial charge on any atom is -0.352 e. The average Bonchev–Trinajstić information content (AvgIpc) is 2.93. The topological polar surface area (TPSA) is 65.5 Å². The van der Waals surface area contributed by atoms with Crippen LogP contribution in [-0.4, -0.2) is 18.9 Å². The molecule has 1 heterocycles. The molecule has 0 spiro atoms. The Kier molecular flexibility index (Phi) is 6.17. The monoisotopic (exact) mass is 330 g/mol. The molecule has 0 atom stereocenters. The minimum absolute atomic E-state index is 0.0705. The summed E-state index contributed by atoms with van der Waals surface area (Å²) in [6.45, 7) is 4.99. The summed E-state index contributed by atoms with van der Waals surface area (Å²) in [4.78, 5) is 17.9. The zero-order valence-electron chi connectivity index (χ0n) is 13.6. The third-order valence-corrected chi connectivity index (χ3v) is 4.16. The van der Waals surface area contributed by atoms with E-state index in [1.807, 2.05) is 24.3 Å². The van der Waals surface area contributed by atoms with Gasteiger partial charge in [0.15, 0.2) is 5.96 Å². The zero-order valence-corrected chi connectivity index (χ0v) is 14.5. The van der Waals surface area contributed by atoms with Gasteiger partial charge in [-0.25, -0.2) is 0 Å². The second-order valence-corrected chi connectivity index (χ2v) is 6.55. The van der Waals surface area contributed by atoms with Crippen molar-refractivity contribution in [1.29, 1.82) is 0 Å². The number of aliphatic imine (C=N–C) groups is 1. The van der Waals surface area contributed by atoms with Crippen LogP contribution in [0.2, 0.25) is 0 Å². The van der Waals surface area contributed by atoms with E-state index in [-0.39, 0.29) is 5.91 Å². The van der Waals surface area contributed by atoms with Crippen molar-refractivity contribution in [2.45, 2.75) is 26.9 Å². The predicted octanol–water partition coefficient (Wildman–Crippen LogP) is 2.88. The van der Waals surface area contributed by atoms with Crippen LogP contribution in [0, 0.1) is 6.92 Å². The van der Waals surface area contributed by atoms with Gasteiger partial charge in [0.25, 0.3) is 0 Å². The Morgan fingerprint density at radius 1 is 1.17 bits per heavy atom. The Morgan fingerprint density at radius 3 is 2.61 bits per heavy atom. The molecule has 2 rings (SSSR count). The van der Waals surface area contributed by atoms with E-state index in [2.05, 4.69) is 40.0 Å². The lowest BCUT2D eigenvalue weighted by Crippen LogP contribution is -2.36. The number of carbonyl (C=O) groups is 1. The van der Waals surface area contributed by atoms with E-state index in [1.165, 1.54) is 16.7 Å². The van der Waals surface area contributed by atoms with Crippen LogP contribution in [0.3, 0.4) is 0 Å². The minimum atomic E-state index is -0.0705. The van der Waals surface area contributed by atoms with Crippen molar-refractivity contribution in [1.82, 2.24) is 10.6 Å². The fourth-order valence-corrected chi connectivity index (χ4v) is 2.95. The predicted molar refractivity (Wildman–Crippen MR) is 96.8 cm³/mol. The molecule has 122 valence electrons. The summed E-state index contributed by atoms with van der Waals surface area (Å²) in [6, 6.07) is 12.0. The van der Waals surface area contributed by atoms with Crippen LogP contribution in [0.5, 0.6) is 0 Å². The van der Waals surface area contributed by atoms with Gasteiger partial charge in [-0.05, 0) is 36.8 Å². The largest absolute Gasteiger partial charge is 0.352 e. The average molecular weight is 330 g/mol. The molecule has 0 saturated heterocycles. The number of hydrogen-bond donors (Lipinski definition) is 3. The molecule has 0 unspecified atom stereocenters. The highest BCUT2D eigenvalue weighted by atomic mass is 32.1. The molecule has 6 heteroatoms. The number of nitrogens with zero attached hydrogens (tertiary/aromatic N) is 1. The van der Waals surface area contributed by atoms with Crippen LogP contribution < -0.4 is 16.0 Å².